The molecule has 2 aliphatic heterocycles. The summed E-state index contributed by atoms with van der Waals surface area (Å²) in [7, 11) is 1.83. The zero-order chi connectivity index (χ0) is 19.5. The quantitative estimate of drug-likeness (QED) is 0.746. The molecule has 1 aromatic rings. The molecule has 154 valence electrons. The fourth-order valence-corrected chi connectivity index (χ4v) is 4.70. The van der Waals surface area contributed by atoms with E-state index >= 15 is 0 Å². The van der Waals surface area contributed by atoms with E-state index in [0.29, 0.717) is 18.1 Å². The van der Waals surface area contributed by atoms with Gasteiger partial charge in [-0.2, -0.15) is 5.10 Å². The van der Waals surface area contributed by atoms with Crippen LogP contribution in [0.25, 0.3) is 0 Å². The molecule has 0 spiro atoms. The van der Waals surface area contributed by atoms with E-state index in [4.69, 9.17) is 0 Å². The zero-order valence-electron chi connectivity index (χ0n) is 17.1. The molecule has 4 rings (SSSR count). The average Bonchev–Trinajstić information content (AvgIpc) is 3.32. The number of carbonyl (C=O) groups is 2. The van der Waals surface area contributed by atoms with E-state index < -0.39 is 0 Å². The number of amides is 2. The van der Waals surface area contributed by atoms with Gasteiger partial charge in [-0.3, -0.25) is 14.3 Å². The van der Waals surface area contributed by atoms with Crippen LogP contribution < -0.4 is 0 Å². The third kappa shape index (κ3) is 4.24. The molecule has 2 saturated heterocycles. The van der Waals surface area contributed by atoms with Crippen LogP contribution in [0.4, 0.5) is 0 Å². The standard InChI is InChI=1S/C21H33N5O2/c1-23-13-9-19(22-23)21(28)25-12-5-8-18(16-25)26(20(27)17-6-4-7-17)15-14-24-10-2-3-11-24/h9,13,17-18H,2-8,10-12,14-16H2,1H3. The molecule has 1 unspecified atom stereocenters. The molecular formula is C21H33N5O2. The molecule has 0 N–H and O–H groups in total. The van der Waals surface area contributed by atoms with Crippen LogP contribution in [0.1, 0.15) is 55.4 Å². The molecule has 7 heteroatoms. The summed E-state index contributed by atoms with van der Waals surface area (Å²) in [4.78, 5) is 32.5. The van der Waals surface area contributed by atoms with Gasteiger partial charge in [-0.25, -0.2) is 0 Å². The van der Waals surface area contributed by atoms with Crippen molar-refractivity contribution in [3.63, 3.8) is 0 Å². The summed E-state index contributed by atoms with van der Waals surface area (Å²) in [5, 5.41) is 4.27. The Morgan fingerprint density at radius 1 is 1.11 bits per heavy atom. The molecule has 1 saturated carbocycles. The Hall–Kier alpha value is -1.89. The first-order chi connectivity index (χ1) is 13.6. The first-order valence-corrected chi connectivity index (χ1v) is 10.9. The SMILES string of the molecule is Cn1ccc(C(=O)N2CCCC(N(CCN3CCCC3)C(=O)C3CCC3)C2)n1. The molecule has 28 heavy (non-hydrogen) atoms. The van der Waals surface area contributed by atoms with Crippen molar-refractivity contribution < 1.29 is 9.59 Å². The van der Waals surface area contributed by atoms with E-state index in [0.717, 1.165) is 58.4 Å². The lowest BCUT2D eigenvalue weighted by molar-refractivity contribution is -0.141. The Bertz CT molecular complexity index is 693. The van der Waals surface area contributed by atoms with Gasteiger partial charge in [0.1, 0.15) is 5.69 Å². The third-order valence-electron chi connectivity index (χ3n) is 6.65. The number of aromatic nitrogens is 2. The molecule has 1 atom stereocenters. The minimum atomic E-state index is -0.0131. The van der Waals surface area contributed by atoms with Gasteiger partial charge in [-0.1, -0.05) is 6.42 Å². The van der Waals surface area contributed by atoms with E-state index in [1.54, 1.807) is 16.9 Å². The Kier molecular flexibility index (Phi) is 5.99. The number of nitrogens with zero attached hydrogens (tertiary/aromatic N) is 5. The summed E-state index contributed by atoms with van der Waals surface area (Å²) in [6.07, 6.45) is 9.51. The summed E-state index contributed by atoms with van der Waals surface area (Å²) in [5.74, 6) is 0.518. The lowest BCUT2D eigenvalue weighted by atomic mass is 9.83. The van der Waals surface area contributed by atoms with Crippen molar-refractivity contribution >= 4 is 11.8 Å². The normalized spacial score (nSPS) is 23.6. The highest BCUT2D eigenvalue weighted by Crippen LogP contribution is 2.30. The number of carbonyl (C=O) groups excluding carboxylic acids is 2. The summed E-state index contributed by atoms with van der Waals surface area (Å²) in [5.41, 5.74) is 0.497. The fraction of sp³-hybridized carbons (Fsp3) is 0.762. The van der Waals surface area contributed by atoms with Gasteiger partial charge in [0.15, 0.2) is 0 Å². The molecule has 7 nitrogen and oxygen atoms in total. The number of piperidine rings is 1. The van der Waals surface area contributed by atoms with Crippen molar-refractivity contribution in [1.29, 1.82) is 0 Å². The third-order valence-corrected chi connectivity index (χ3v) is 6.65. The monoisotopic (exact) mass is 387 g/mol. The van der Waals surface area contributed by atoms with Crippen LogP contribution in [0.3, 0.4) is 0 Å². The van der Waals surface area contributed by atoms with Crippen molar-refractivity contribution in [2.75, 3.05) is 39.3 Å². The van der Waals surface area contributed by atoms with Crippen LogP contribution in [0, 0.1) is 5.92 Å². The van der Waals surface area contributed by atoms with Crippen LogP contribution in [0.15, 0.2) is 12.3 Å². The van der Waals surface area contributed by atoms with E-state index in [1.165, 1.54) is 19.3 Å². The second kappa shape index (κ2) is 8.64. The van der Waals surface area contributed by atoms with Gasteiger partial charge in [0.05, 0.1) is 0 Å². The molecule has 0 radical (unpaired) electrons. The average molecular weight is 388 g/mol. The van der Waals surface area contributed by atoms with E-state index in [9.17, 15) is 9.59 Å². The molecular weight excluding hydrogens is 354 g/mol. The van der Waals surface area contributed by atoms with Gasteiger partial charge in [0.2, 0.25) is 5.91 Å². The number of likely N-dealkylation sites (tertiary alicyclic amines) is 2. The molecule has 0 aromatic carbocycles. The molecule has 3 heterocycles. The fourth-order valence-electron chi connectivity index (χ4n) is 4.70. The number of rotatable bonds is 6. The van der Waals surface area contributed by atoms with Crippen LogP contribution in [-0.2, 0) is 11.8 Å². The van der Waals surface area contributed by atoms with Crippen molar-refractivity contribution in [2.45, 2.75) is 51.0 Å². The van der Waals surface area contributed by atoms with Gasteiger partial charge >= 0.3 is 0 Å². The summed E-state index contributed by atoms with van der Waals surface area (Å²) in [6.45, 7) is 5.45. The zero-order valence-corrected chi connectivity index (χ0v) is 17.1. The molecule has 2 amide bonds. The maximum absolute atomic E-state index is 13.2. The van der Waals surface area contributed by atoms with Crippen LogP contribution >= 0.6 is 0 Å². The Morgan fingerprint density at radius 2 is 1.89 bits per heavy atom. The summed E-state index contributed by atoms with van der Waals surface area (Å²) in [6, 6.07) is 1.91. The Labute approximate surface area is 167 Å². The summed E-state index contributed by atoms with van der Waals surface area (Å²) >= 11 is 0. The predicted molar refractivity (Wildman–Crippen MR) is 107 cm³/mol. The van der Waals surface area contributed by atoms with Gasteiger partial charge in [0.25, 0.3) is 5.91 Å². The minimum Gasteiger partial charge on any atom is -0.336 e. The van der Waals surface area contributed by atoms with Gasteiger partial charge in [-0.15, -0.1) is 0 Å². The highest BCUT2D eigenvalue weighted by atomic mass is 16.2. The van der Waals surface area contributed by atoms with Crippen LogP contribution in [-0.4, -0.2) is 81.6 Å². The van der Waals surface area contributed by atoms with E-state index in [-0.39, 0.29) is 17.9 Å². The predicted octanol–water partition coefficient (Wildman–Crippen LogP) is 1.75. The lowest BCUT2D eigenvalue weighted by Gasteiger charge is -2.42. The Balaban J connectivity index is 1.43. The largest absolute Gasteiger partial charge is 0.336 e. The topological polar surface area (TPSA) is 61.7 Å². The second-order valence-electron chi connectivity index (χ2n) is 8.63. The number of aryl methyl sites for hydroxylation is 1. The smallest absolute Gasteiger partial charge is 0.274 e. The van der Waals surface area contributed by atoms with Crippen LogP contribution in [0.2, 0.25) is 0 Å². The number of hydrogen-bond acceptors (Lipinski definition) is 4. The van der Waals surface area contributed by atoms with Crippen LogP contribution in [0.5, 0.6) is 0 Å². The summed E-state index contributed by atoms with van der Waals surface area (Å²) < 4.78 is 1.66. The first-order valence-electron chi connectivity index (χ1n) is 10.9. The maximum Gasteiger partial charge on any atom is 0.274 e. The van der Waals surface area contributed by atoms with Crippen molar-refractivity contribution in [3.05, 3.63) is 18.0 Å². The Morgan fingerprint density at radius 3 is 2.54 bits per heavy atom. The number of hydrogen-bond donors (Lipinski definition) is 0. The molecule has 1 aromatic heterocycles. The molecule has 1 aliphatic carbocycles. The highest BCUT2D eigenvalue weighted by molar-refractivity contribution is 5.92. The minimum absolute atomic E-state index is 0.0131. The lowest BCUT2D eigenvalue weighted by Crippen LogP contribution is -2.55. The van der Waals surface area contributed by atoms with Gasteiger partial charge in [-0.05, 0) is 57.7 Å². The first kappa shape index (κ1) is 19.4. The molecule has 0 bridgehead atoms. The van der Waals surface area contributed by atoms with Gasteiger partial charge in [0, 0.05) is 51.4 Å². The maximum atomic E-state index is 13.2. The molecule has 3 aliphatic rings. The molecule has 3 fully saturated rings. The second-order valence-corrected chi connectivity index (χ2v) is 8.63. The highest BCUT2D eigenvalue weighted by Gasteiger charge is 2.36. The van der Waals surface area contributed by atoms with Crippen molar-refractivity contribution in [1.82, 2.24) is 24.5 Å². The van der Waals surface area contributed by atoms with Gasteiger partial charge < -0.3 is 14.7 Å². The van der Waals surface area contributed by atoms with Crippen molar-refractivity contribution in [3.8, 4) is 0 Å². The van der Waals surface area contributed by atoms with E-state index in [2.05, 4.69) is 14.9 Å². The van der Waals surface area contributed by atoms with E-state index in [1.807, 2.05) is 11.9 Å². The van der Waals surface area contributed by atoms with Crippen molar-refractivity contribution in [2.24, 2.45) is 13.0 Å².